The Kier molecular flexibility index (Phi) is 12.5. The van der Waals surface area contributed by atoms with Gasteiger partial charge in [-0.1, -0.05) is 89.9 Å². The number of ether oxygens (including phenoxy) is 1. The Morgan fingerprint density at radius 3 is 2.12 bits per heavy atom. The van der Waals surface area contributed by atoms with Crippen molar-refractivity contribution in [2.75, 3.05) is 17.2 Å². The topological polar surface area (TPSA) is 114 Å². The zero-order valence-corrected chi connectivity index (χ0v) is 29.0. The van der Waals surface area contributed by atoms with Crippen LogP contribution >= 0.6 is 35.0 Å². The first-order chi connectivity index (χ1) is 24.2. The summed E-state index contributed by atoms with van der Waals surface area (Å²) < 4.78 is 5.04. The molecule has 0 bridgehead atoms. The van der Waals surface area contributed by atoms with E-state index in [0.717, 1.165) is 5.56 Å². The average Bonchev–Trinajstić information content (AvgIpc) is 3.13. The van der Waals surface area contributed by atoms with Crippen LogP contribution in [0.1, 0.15) is 44.0 Å². The number of carbonyl (C=O) groups is 4. The minimum Gasteiger partial charge on any atom is -0.462 e. The average molecular weight is 725 g/mol. The van der Waals surface area contributed by atoms with Crippen molar-refractivity contribution in [3.8, 4) is 0 Å². The second-order valence-electron chi connectivity index (χ2n) is 10.7. The minimum absolute atomic E-state index is 0.0587. The van der Waals surface area contributed by atoms with Gasteiger partial charge in [-0.05, 0) is 84.8 Å². The first kappa shape index (κ1) is 35.9. The molecule has 0 aliphatic rings. The van der Waals surface area contributed by atoms with Crippen LogP contribution < -0.4 is 16.0 Å². The molecule has 0 saturated heterocycles. The van der Waals surface area contributed by atoms with Gasteiger partial charge in [0, 0.05) is 21.8 Å². The van der Waals surface area contributed by atoms with E-state index in [1.807, 2.05) is 36.4 Å². The third-order valence-electron chi connectivity index (χ3n) is 7.16. The Bertz CT molecular complexity index is 2020. The van der Waals surface area contributed by atoms with Gasteiger partial charge in [0.15, 0.2) is 0 Å². The summed E-state index contributed by atoms with van der Waals surface area (Å²) in [5.41, 5.74) is 2.83. The zero-order valence-electron chi connectivity index (χ0n) is 26.7. The van der Waals surface area contributed by atoms with Crippen LogP contribution in [-0.4, -0.2) is 30.3 Å². The van der Waals surface area contributed by atoms with Gasteiger partial charge in [0.25, 0.3) is 11.8 Å². The highest BCUT2D eigenvalue weighted by molar-refractivity contribution is 8.00. The summed E-state index contributed by atoms with van der Waals surface area (Å²) in [6.45, 7) is 2.00. The van der Waals surface area contributed by atoms with Gasteiger partial charge in [-0.2, -0.15) is 0 Å². The second-order valence-corrected chi connectivity index (χ2v) is 12.7. The van der Waals surface area contributed by atoms with Crippen LogP contribution in [0, 0.1) is 0 Å². The van der Waals surface area contributed by atoms with Gasteiger partial charge in [0.05, 0.1) is 22.2 Å². The van der Waals surface area contributed by atoms with E-state index in [-0.39, 0.29) is 23.2 Å². The maximum atomic E-state index is 13.7. The first-order valence-corrected chi connectivity index (χ1v) is 17.1. The summed E-state index contributed by atoms with van der Waals surface area (Å²) in [5.74, 6) is -1.81. The fourth-order valence-electron chi connectivity index (χ4n) is 4.72. The molecule has 252 valence electrons. The number of nitrogens with one attached hydrogen (secondary N) is 3. The molecule has 3 amide bonds. The highest BCUT2D eigenvalue weighted by Crippen LogP contribution is 2.37. The molecule has 0 radical (unpaired) electrons. The van der Waals surface area contributed by atoms with Crippen molar-refractivity contribution in [2.45, 2.75) is 17.1 Å². The molecule has 0 spiro atoms. The zero-order chi connectivity index (χ0) is 35.5. The fraction of sp³-hybridized carbons (Fsp3) is 0.0769. The van der Waals surface area contributed by atoms with E-state index < -0.39 is 23.0 Å². The lowest BCUT2D eigenvalue weighted by Crippen LogP contribution is -2.30. The lowest BCUT2D eigenvalue weighted by molar-refractivity contribution is -0.116. The van der Waals surface area contributed by atoms with E-state index in [2.05, 4.69) is 16.0 Å². The van der Waals surface area contributed by atoms with Gasteiger partial charge in [-0.25, -0.2) is 4.79 Å². The normalized spacial score (nSPS) is 11.6. The number of thioether (sulfide) groups is 1. The van der Waals surface area contributed by atoms with Crippen LogP contribution in [-0.2, 0) is 14.3 Å². The molecule has 11 heteroatoms. The Morgan fingerprint density at radius 1 is 0.740 bits per heavy atom. The lowest BCUT2D eigenvalue weighted by atomic mass is 10.1. The van der Waals surface area contributed by atoms with E-state index in [0.29, 0.717) is 38.0 Å². The minimum atomic E-state index is -0.669. The summed E-state index contributed by atoms with van der Waals surface area (Å²) in [5, 5.41) is 8.34. The number of hydrogen-bond donors (Lipinski definition) is 3. The molecule has 3 N–H and O–H groups in total. The summed E-state index contributed by atoms with van der Waals surface area (Å²) >= 11 is 13.9. The van der Waals surface area contributed by atoms with Crippen molar-refractivity contribution in [2.24, 2.45) is 0 Å². The number of halogens is 2. The Labute approximate surface area is 303 Å². The van der Waals surface area contributed by atoms with Crippen molar-refractivity contribution < 1.29 is 23.9 Å². The van der Waals surface area contributed by atoms with Gasteiger partial charge in [0.2, 0.25) is 5.91 Å². The van der Waals surface area contributed by atoms with Crippen molar-refractivity contribution in [3.63, 3.8) is 0 Å². The summed E-state index contributed by atoms with van der Waals surface area (Å²) in [4.78, 5) is 53.2. The van der Waals surface area contributed by atoms with Gasteiger partial charge < -0.3 is 20.7 Å². The third kappa shape index (κ3) is 9.63. The Hall–Kier alpha value is -5.35. The van der Waals surface area contributed by atoms with E-state index in [4.69, 9.17) is 27.9 Å². The molecule has 0 aliphatic heterocycles. The molecule has 1 unspecified atom stereocenters. The molecule has 8 nitrogen and oxygen atoms in total. The number of hydrogen-bond acceptors (Lipinski definition) is 6. The molecule has 0 aromatic heterocycles. The SMILES string of the molecule is CCOC(=O)c1ccc(NC(=O)C(Sc2cccc(NC(=O)/C(=C\c3cccc(Cl)c3Cl)NC(=O)c3ccccc3)c2)c2ccccc2)cc1. The van der Waals surface area contributed by atoms with Crippen molar-refractivity contribution in [1.82, 2.24) is 5.32 Å². The number of esters is 1. The molecule has 0 aliphatic carbocycles. The van der Waals surface area contributed by atoms with Crippen LogP contribution in [0.3, 0.4) is 0 Å². The number of carbonyl (C=O) groups excluding carboxylic acids is 4. The molecule has 5 aromatic carbocycles. The van der Waals surface area contributed by atoms with Gasteiger partial charge in [-0.3, -0.25) is 14.4 Å². The fourth-order valence-corrected chi connectivity index (χ4v) is 6.17. The number of benzene rings is 5. The first-order valence-electron chi connectivity index (χ1n) is 15.4. The maximum Gasteiger partial charge on any atom is 0.338 e. The van der Waals surface area contributed by atoms with E-state index in [1.54, 1.807) is 97.9 Å². The number of rotatable bonds is 12. The highest BCUT2D eigenvalue weighted by atomic mass is 35.5. The van der Waals surface area contributed by atoms with Gasteiger partial charge >= 0.3 is 5.97 Å². The van der Waals surface area contributed by atoms with E-state index in [1.165, 1.54) is 17.8 Å². The van der Waals surface area contributed by atoms with Gasteiger partial charge in [-0.15, -0.1) is 11.8 Å². The Balaban J connectivity index is 1.37. The van der Waals surface area contributed by atoms with E-state index in [9.17, 15) is 19.2 Å². The largest absolute Gasteiger partial charge is 0.462 e. The smallest absolute Gasteiger partial charge is 0.338 e. The maximum absolute atomic E-state index is 13.7. The predicted molar refractivity (Wildman–Crippen MR) is 199 cm³/mol. The molecule has 0 saturated carbocycles. The molecule has 5 aromatic rings. The highest BCUT2D eigenvalue weighted by Gasteiger charge is 2.23. The lowest BCUT2D eigenvalue weighted by Gasteiger charge is -2.18. The molecule has 0 heterocycles. The van der Waals surface area contributed by atoms with Crippen molar-refractivity contribution in [3.05, 3.63) is 165 Å². The monoisotopic (exact) mass is 723 g/mol. The summed E-state index contributed by atoms with van der Waals surface area (Å²) in [6, 6.07) is 36.3. The van der Waals surface area contributed by atoms with Crippen LogP contribution in [0.2, 0.25) is 10.0 Å². The van der Waals surface area contributed by atoms with E-state index >= 15 is 0 Å². The van der Waals surface area contributed by atoms with Crippen LogP contribution in [0.25, 0.3) is 6.08 Å². The molecule has 1 atom stereocenters. The van der Waals surface area contributed by atoms with Crippen LogP contribution in [0.4, 0.5) is 11.4 Å². The summed E-state index contributed by atoms with van der Waals surface area (Å²) in [7, 11) is 0. The number of amides is 3. The predicted octanol–water partition coefficient (Wildman–Crippen LogP) is 9.05. The van der Waals surface area contributed by atoms with Crippen LogP contribution in [0.5, 0.6) is 0 Å². The van der Waals surface area contributed by atoms with Gasteiger partial charge in [0.1, 0.15) is 10.9 Å². The Morgan fingerprint density at radius 2 is 1.42 bits per heavy atom. The third-order valence-corrected chi connectivity index (χ3v) is 9.24. The molecular formula is C39H31Cl2N3O5S. The molecule has 0 fully saturated rings. The second kappa shape index (κ2) is 17.3. The molecular weight excluding hydrogens is 693 g/mol. The molecule has 50 heavy (non-hydrogen) atoms. The van der Waals surface area contributed by atoms with Crippen molar-refractivity contribution in [1.29, 1.82) is 0 Å². The standard InChI is InChI=1S/C39H31Cl2N3O5S/c1-2-49-39(48)27-19-21-29(22-20-27)42-38(47)35(25-11-5-3-6-12-25)50-31-17-10-16-30(24-31)43-37(46)33(23-28-15-9-18-32(40)34(28)41)44-36(45)26-13-7-4-8-14-26/h3-24,35H,2H2,1H3,(H,42,47)(H,43,46)(H,44,45)/b33-23+. The number of anilines is 2. The summed E-state index contributed by atoms with van der Waals surface area (Å²) in [6.07, 6.45) is 1.46. The van der Waals surface area contributed by atoms with Crippen LogP contribution in [0.15, 0.2) is 138 Å². The quantitative estimate of drug-likeness (QED) is 0.0673. The molecule has 5 rings (SSSR count). The van der Waals surface area contributed by atoms with Crippen molar-refractivity contribution >= 4 is 76.1 Å².